The number of benzene rings is 2. The van der Waals surface area contributed by atoms with Crippen LogP contribution in [0.3, 0.4) is 0 Å². The molecule has 1 aliphatic carbocycles. The maximum Gasteiger partial charge on any atom is 0.237 e. The first-order valence-electron chi connectivity index (χ1n) is 13.2. The van der Waals surface area contributed by atoms with Gasteiger partial charge in [-0.1, -0.05) is 36.4 Å². The van der Waals surface area contributed by atoms with Gasteiger partial charge in [-0.25, -0.2) is 9.50 Å². The molecule has 6 rings (SSSR count). The molecule has 4 aromatic rings. The molecular formula is C30H31N3O4. The third-order valence-corrected chi connectivity index (χ3v) is 7.44. The number of hydrogen-bond acceptors (Lipinski definition) is 6. The molecule has 2 fully saturated rings. The number of carbonyl (C=O) groups excluding carboxylic acids is 1. The number of rotatable bonds is 9. The second-order valence-electron chi connectivity index (χ2n) is 10.2. The number of carbonyl (C=O) groups is 1. The largest absolute Gasteiger partial charge is 0.504 e. The summed E-state index contributed by atoms with van der Waals surface area (Å²) < 4.78 is 13.4. The van der Waals surface area contributed by atoms with Gasteiger partial charge >= 0.3 is 0 Å². The lowest BCUT2D eigenvalue weighted by Crippen LogP contribution is -2.16. The van der Waals surface area contributed by atoms with E-state index in [0.29, 0.717) is 29.9 Å². The smallest absolute Gasteiger partial charge is 0.237 e. The molecule has 1 saturated heterocycles. The molecule has 37 heavy (non-hydrogen) atoms. The standard InChI is InChI=1S/C30H31N3O4/c34-26-3-1-2-4-28(26)37-29-18-24(8-7-20-13-15-36-16-14-20)30-31-19-25(33(30)32-29)22-9-11-23(12-10-22)27(35)17-21-5-6-21/h1-4,9-12,18-21,34H,5-8,13-17H2. The van der Waals surface area contributed by atoms with Crippen molar-refractivity contribution in [3.8, 4) is 28.6 Å². The minimum Gasteiger partial charge on any atom is -0.504 e. The number of phenols is 1. The average molecular weight is 498 g/mol. The van der Waals surface area contributed by atoms with Crippen molar-refractivity contribution in [3.05, 3.63) is 71.9 Å². The molecule has 0 atom stereocenters. The first kappa shape index (κ1) is 23.7. The topological polar surface area (TPSA) is 86.0 Å². The lowest BCUT2D eigenvalue weighted by Gasteiger charge is -2.22. The highest BCUT2D eigenvalue weighted by Crippen LogP contribution is 2.34. The van der Waals surface area contributed by atoms with Crippen LogP contribution in [0.1, 0.15) is 54.4 Å². The minimum absolute atomic E-state index is 0.0606. The van der Waals surface area contributed by atoms with E-state index in [4.69, 9.17) is 19.6 Å². The van der Waals surface area contributed by atoms with Gasteiger partial charge in [0.15, 0.2) is 22.9 Å². The van der Waals surface area contributed by atoms with Crippen molar-refractivity contribution in [1.82, 2.24) is 14.6 Å². The number of aromatic hydroxyl groups is 1. The van der Waals surface area contributed by atoms with Crippen molar-refractivity contribution < 1.29 is 19.4 Å². The van der Waals surface area contributed by atoms with E-state index in [2.05, 4.69) is 0 Å². The summed E-state index contributed by atoms with van der Waals surface area (Å²) in [5, 5.41) is 15.0. The van der Waals surface area contributed by atoms with Crippen LogP contribution in [0.15, 0.2) is 60.8 Å². The molecule has 190 valence electrons. The Morgan fingerprint density at radius 1 is 1.03 bits per heavy atom. The van der Waals surface area contributed by atoms with Gasteiger partial charge in [0.1, 0.15) is 0 Å². The summed E-state index contributed by atoms with van der Waals surface area (Å²) in [7, 11) is 0. The van der Waals surface area contributed by atoms with E-state index >= 15 is 0 Å². The van der Waals surface area contributed by atoms with Crippen LogP contribution in [0.4, 0.5) is 0 Å². The van der Waals surface area contributed by atoms with Crippen molar-refractivity contribution >= 4 is 11.4 Å². The second-order valence-corrected chi connectivity index (χ2v) is 10.2. The van der Waals surface area contributed by atoms with Gasteiger partial charge in [-0.15, -0.1) is 5.10 Å². The quantitative estimate of drug-likeness (QED) is 0.276. The van der Waals surface area contributed by atoms with Gasteiger partial charge in [-0.05, 0) is 62.5 Å². The Kier molecular flexibility index (Phi) is 6.62. The molecule has 1 aliphatic heterocycles. The van der Waals surface area contributed by atoms with Crippen LogP contribution in [0.25, 0.3) is 16.9 Å². The van der Waals surface area contributed by atoms with E-state index in [1.165, 1.54) is 12.8 Å². The molecule has 0 spiro atoms. The molecule has 3 heterocycles. The van der Waals surface area contributed by atoms with Gasteiger partial charge in [-0.3, -0.25) is 4.79 Å². The molecular weight excluding hydrogens is 466 g/mol. The monoisotopic (exact) mass is 497 g/mol. The Hall–Kier alpha value is -3.71. The van der Waals surface area contributed by atoms with Crippen molar-refractivity contribution in [2.24, 2.45) is 11.8 Å². The molecule has 7 nitrogen and oxygen atoms in total. The van der Waals surface area contributed by atoms with Crippen LogP contribution in [-0.4, -0.2) is 38.7 Å². The molecule has 1 saturated carbocycles. The first-order chi connectivity index (χ1) is 18.1. The Morgan fingerprint density at radius 3 is 2.57 bits per heavy atom. The van der Waals surface area contributed by atoms with Gasteiger partial charge in [0.05, 0.1) is 11.9 Å². The molecule has 0 bridgehead atoms. The van der Waals surface area contributed by atoms with E-state index in [1.807, 2.05) is 47.1 Å². The minimum atomic E-state index is 0.0606. The molecule has 2 aliphatic rings. The van der Waals surface area contributed by atoms with Crippen molar-refractivity contribution in [1.29, 1.82) is 0 Å². The van der Waals surface area contributed by atoms with E-state index in [-0.39, 0.29) is 11.5 Å². The predicted octanol–water partition coefficient (Wildman–Crippen LogP) is 6.24. The SMILES string of the molecule is O=C(CC1CC1)c1ccc(-c2cnc3c(CCC4CCOCC4)cc(Oc4ccccc4O)nn23)cc1. The van der Waals surface area contributed by atoms with E-state index in [1.54, 1.807) is 18.2 Å². The third-order valence-electron chi connectivity index (χ3n) is 7.44. The molecule has 1 N–H and O–H groups in total. The fourth-order valence-corrected chi connectivity index (χ4v) is 5.02. The van der Waals surface area contributed by atoms with E-state index in [9.17, 15) is 9.90 Å². The zero-order chi connectivity index (χ0) is 25.2. The van der Waals surface area contributed by atoms with Gasteiger partial charge in [0, 0.05) is 42.4 Å². The van der Waals surface area contributed by atoms with E-state index in [0.717, 1.165) is 66.9 Å². The summed E-state index contributed by atoms with van der Waals surface area (Å²) in [6.07, 6.45) is 8.84. The summed E-state index contributed by atoms with van der Waals surface area (Å²) in [6, 6.07) is 16.5. The number of ether oxygens (including phenoxy) is 2. The molecule has 0 radical (unpaired) electrons. The fourth-order valence-electron chi connectivity index (χ4n) is 5.02. The van der Waals surface area contributed by atoms with Crippen LogP contribution in [0.5, 0.6) is 17.4 Å². The van der Waals surface area contributed by atoms with Crippen LogP contribution in [0.2, 0.25) is 0 Å². The zero-order valence-electron chi connectivity index (χ0n) is 20.8. The van der Waals surface area contributed by atoms with E-state index < -0.39 is 0 Å². The Morgan fingerprint density at radius 2 is 1.81 bits per heavy atom. The predicted molar refractivity (Wildman–Crippen MR) is 140 cm³/mol. The number of phenolic OH excluding ortho intramolecular Hbond substituents is 1. The second kappa shape index (κ2) is 10.3. The summed E-state index contributed by atoms with van der Waals surface area (Å²) in [4.78, 5) is 17.3. The molecule has 2 aromatic carbocycles. The Balaban J connectivity index is 1.33. The van der Waals surface area contributed by atoms with Crippen molar-refractivity contribution in [3.63, 3.8) is 0 Å². The molecule has 7 heteroatoms. The summed E-state index contributed by atoms with van der Waals surface area (Å²) >= 11 is 0. The summed E-state index contributed by atoms with van der Waals surface area (Å²) in [5.41, 5.74) is 4.34. The fraction of sp³-hybridized carbons (Fsp3) is 0.367. The lowest BCUT2D eigenvalue weighted by atomic mass is 9.93. The van der Waals surface area contributed by atoms with Crippen molar-refractivity contribution in [2.45, 2.75) is 44.9 Å². The highest BCUT2D eigenvalue weighted by Gasteiger charge is 2.25. The number of ketones is 1. The highest BCUT2D eigenvalue weighted by molar-refractivity contribution is 5.96. The Bertz CT molecular complexity index is 1400. The Labute approximate surface area is 216 Å². The summed E-state index contributed by atoms with van der Waals surface area (Å²) in [5.74, 6) is 2.21. The van der Waals surface area contributed by atoms with Gasteiger partial charge < -0.3 is 14.6 Å². The number of nitrogens with zero attached hydrogens (tertiary/aromatic N) is 3. The summed E-state index contributed by atoms with van der Waals surface area (Å²) in [6.45, 7) is 1.65. The number of aryl methyl sites for hydroxylation is 1. The normalized spacial score (nSPS) is 16.2. The van der Waals surface area contributed by atoms with Crippen LogP contribution in [-0.2, 0) is 11.2 Å². The van der Waals surface area contributed by atoms with Crippen LogP contribution >= 0.6 is 0 Å². The number of para-hydroxylation sites is 2. The number of aromatic nitrogens is 3. The average Bonchev–Trinajstić information content (AvgIpc) is 3.64. The number of imidazole rings is 1. The van der Waals surface area contributed by atoms with Crippen molar-refractivity contribution in [2.75, 3.05) is 13.2 Å². The molecule has 0 unspecified atom stereocenters. The number of fused-ring (bicyclic) bond motifs is 1. The van der Waals surface area contributed by atoms with Crippen LogP contribution < -0.4 is 4.74 Å². The molecule has 0 amide bonds. The maximum absolute atomic E-state index is 12.5. The molecule has 2 aromatic heterocycles. The van der Waals surface area contributed by atoms with Gasteiger partial charge in [-0.2, -0.15) is 0 Å². The van der Waals surface area contributed by atoms with Crippen LogP contribution in [0, 0.1) is 11.8 Å². The highest BCUT2D eigenvalue weighted by atomic mass is 16.5. The third kappa shape index (κ3) is 5.37. The lowest BCUT2D eigenvalue weighted by molar-refractivity contribution is 0.0640. The zero-order valence-corrected chi connectivity index (χ0v) is 20.8. The van der Waals surface area contributed by atoms with Gasteiger partial charge in [0.2, 0.25) is 5.88 Å². The number of Topliss-reactive ketones (excluding diaryl/α,β-unsaturated/α-hetero) is 1. The number of hydrogen-bond donors (Lipinski definition) is 1. The first-order valence-corrected chi connectivity index (χ1v) is 13.2. The maximum atomic E-state index is 12.5. The van der Waals surface area contributed by atoms with Gasteiger partial charge in [0.25, 0.3) is 0 Å².